The van der Waals surface area contributed by atoms with E-state index in [1.807, 2.05) is 0 Å². The van der Waals surface area contributed by atoms with Gasteiger partial charge in [0.05, 0.1) is 0 Å². The molecule has 118 valence electrons. The lowest BCUT2D eigenvalue weighted by atomic mass is 11.8. The SMILES string of the molecule is C[Si]1(C)O[SiH](O)O[SiH]2C[Si](C)(O1)O[Si](C)(O)O[SiH](O)O2. The molecule has 15 heteroatoms. The van der Waals surface area contributed by atoms with E-state index in [4.69, 9.17) is 24.7 Å². The number of hydrogen-bond donors (Lipinski definition) is 3. The minimum absolute atomic E-state index is 0.368. The Morgan fingerprint density at radius 3 is 2.05 bits per heavy atom. The van der Waals surface area contributed by atoms with Crippen molar-refractivity contribution in [2.24, 2.45) is 0 Å². The molecule has 0 aromatic carbocycles. The Balaban J connectivity index is 2.27. The first kappa shape index (κ1) is 17.3. The van der Waals surface area contributed by atoms with Gasteiger partial charge in [-0.15, -0.1) is 0 Å². The Hall–Kier alpha value is 0.941. The summed E-state index contributed by atoms with van der Waals surface area (Å²) in [5, 5.41) is 0. The van der Waals surface area contributed by atoms with E-state index in [-0.39, 0.29) is 0 Å². The smallest absolute Gasteiger partial charge is 0.416 e. The third-order valence-electron chi connectivity index (χ3n) is 2.64. The summed E-state index contributed by atoms with van der Waals surface area (Å²) in [7, 11) is -17.2. The highest BCUT2D eigenvalue weighted by Crippen LogP contribution is 2.30. The van der Waals surface area contributed by atoms with Gasteiger partial charge in [0.1, 0.15) is 0 Å². The molecule has 2 heterocycles. The highest BCUT2D eigenvalue weighted by atomic mass is 28.5. The van der Waals surface area contributed by atoms with Crippen molar-refractivity contribution in [1.82, 2.24) is 0 Å². The van der Waals surface area contributed by atoms with Crippen molar-refractivity contribution in [3.8, 4) is 0 Å². The van der Waals surface area contributed by atoms with Crippen molar-refractivity contribution >= 4 is 54.3 Å². The van der Waals surface area contributed by atoms with Gasteiger partial charge in [-0.05, 0) is 19.6 Å². The average molecular weight is 393 g/mol. The largest absolute Gasteiger partial charge is 0.478 e. The minimum Gasteiger partial charge on any atom is -0.416 e. The summed E-state index contributed by atoms with van der Waals surface area (Å²) in [5.41, 5.74) is 0.368. The summed E-state index contributed by atoms with van der Waals surface area (Å²) in [4.78, 5) is 29.7. The van der Waals surface area contributed by atoms with Gasteiger partial charge in [-0.3, -0.25) is 0 Å². The summed E-state index contributed by atoms with van der Waals surface area (Å²) in [5.74, 6) is 0. The number of hydrogen-bond acceptors (Lipinski definition) is 9. The first-order valence-electron chi connectivity index (χ1n) is 6.14. The number of fused-ring (bicyclic) bond motifs is 2. The van der Waals surface area contributed by atoms with E-state index in [1.165, 1.54) is 6.55 Å². The average Bonchev–Trinajstić information content (AvgIpc) is 2.06. The second kappa shape index (κ2) is 5.86. The fraction of sp³-hybridized carbons (Fsp3) is 1.00. The van der Waals surface area contributed by atoms with Gasteiger partial charge in [0.2, 0.25) is 0 Å². The lowest BCUT2D eigenvalue weighted by molar-refractivity contribution is 0.151. The fourth-order valence-corrected chi connectivity index (χ4v) is 26.3. The molecule has 2 aliphatic rings. The summed E-state index contributed by atoms with van der Waals surface area (Å²) >= 11 is 0. The standard InChI is InChI=1S/C5H20O9Si6/c1-18(2)11-16(6)9-15-5-19(3,13-18)14-20(4,8)12-17(7)10-15/h6-8,15-17H,5H2,1-4H3. The monoisotopic (exact) mass is 392 g/mol. The zero-order chi connectivity index (χ0) is 15.2. The van der Waals surface area contributed by atoms with E-state index < -0.39 is 54.3 Å². The molecule has 0 saturated carbocycles. The molecule has 0 amide bonds. The van der Waals surface area contributed by atoms with Gasteiger partial charge >= 0.3 is 54.3 Å². The highest BCUT2D eigenvalue weighted by Gasteiger charge is 2.54. The van der Waals surface area contributed by atoms with Crippen LogP contribution >= 0.6 is 0 Å². The summed E-state index contributed by atoms with van der Waals surface area (Å²) in [6, 6.07) is 0. The van der Waals surface area contributed by atoms with Gasteiger partial charge in [0.15, 0.2) is 0 Å². The van der Waals surface area contributed by atoms with E-state index in [0.717, 1.165) is 0 Å². The molecular weight excluding hydrogens is 373 g/mol. The van der Waals surface area contributed by atoms with Gasteiger partial charge in [0.25, 0.3) is 0 Å². The maximum Gasteiger partial charge on any atom is 0.478 e. The first-order chi connectivity index (χ1) is 8.99. The van der Waals surface area contributed by atoms with Gasteiger partial charge in [-0.25, -0.2) is 0 Å². The maximum absolute atomic E-state index is 10.2. The predicted octanol–water partition coefficient (Wildman–Crippen LogP) is -2.37. The topological polar surface area (TPSA) is 116 Å². The molecule has 0 radical (unpaired) electrons. The van der Waals surface area contributed by atoms with Gasteiger partial charge < -0.3 is 39.1 Å². The zero-order valence-electron chi connectivity index (χ0n) is 11.7. The van der Waals surface area contributed by atoms with Gasteiger partial charge in [-0.1, -0.05) is 0 Å². The Morgan fingerprint density at radius 1 is 0.900 bits per heavy atom. The summed E-state index contributed by atoms with van der Waals surface area (Å²) in [6.07, 6.45) is 0. The Morgan fingerprint density at radius 2 is 1.45 bits per heavy atom. The molecule has 5 unspecified atom stereocenters. The van der Waals surface area contributed by atoms with Crippen molar-refractivity contribution < 1.29 is 39.1 Å². The normalized spacial score (nSPS) is 49.6. The van der Waals surface area contributed by atoms with Crippen molar-refractivity contribution in [3.05, 3.63) is 0 Å². The lowest BCUT2D eigenvalue weighted by Gasteiger charge is -2.44. The van der Waals surface area contributed by atoms with Crippen LogP contribution in [0.15, 0.2) is 0 Å². The molecule has 5 atom stereocenters. The quantitative estimate of drug-likeness (QED) is 0.389. The second-order valence-corrected chi connectivity index (χ2v) is 21.7. The van der Waals surface area contributed by atoms with Crippen molar-refractivity contribution in [2.75, 3.05) is 0 Å². The van der Waals surface area contributed by atoms with Crippen LogP contribution in [0.4, 0.5) is 0 Å². The summed E-state index contributed by atoms with van der Waals surface area (Å²) in [6.45, 7) is 6.79. The first-order valence-corrected chi connectivity index (χ1v) is 18.4. The molecular formula is C5H20O9Si6. The Labute approximate surface area is 125 Å². The molecule has 2 fully saturated rings. The lowest BCUT2D eigenvalue weighted by Crippen LogP contribution is -2.65. The highest BCUT2D eigenvalue weighted by molar-refractivity contribution is 6.92. The van der Waals surface area contributed by atoms with E-state index >= 15 is 0 Å². The number of rotatable bonds is 0. The molecule has 9 nitrogen and oxygen atoms in total. The second-order valence-electron chi connectivity index (χ2n) is 5.39. The molecule has 2 aliphatic heterocycles. The maximum atomic E-state index is 10.2. The fourth-order valence-electron chi connectivity index (χ4n) is 2.25. The van der Waals surface area contributed by atoms with Crippen molar-refractivity contribution in [3.63, 3.8) is 0 Å². The van der Waals surface area contributed by atoms with E-state index in [0.29, 0.717) is 5.67 Å². The van der Waals surface area contributed by atoms with Crippen LogP contribution in [0.3, 0.4) is 0 Å². The Bertz CT molecular complexity index is 339. The molecule has 2 bridgehead atoms. The summed E-state index contributed by atoms with van der Waals surface area (Å²) < 4.78 is 33.3. The van der Waals surface area contributed by atoms with Crippen LogP contribution in [0.25, 0.3) is 0 Å². The van der Waals surface area contributed by atoms with E-state index in [9.17, 15) is 14.4 Å². The van der Waals surface area contributed by atoms with E-state index in [2.05, 4.69) is 0 Å². The molecule has 2 saturated heterocycles. The van der Waals surface area contributed by atoms with Crippen LogP contribution in [0.1, 0.15) is 0 Å². The van der Waals surface area contributed by atoms with Gasteiger partial charge in [0, 0.05) is 12.2 Å². The van der Waals surface area contributed by atoms with Crippen LogP contribution in [0.5, 0.6) is 0 Å². The molecule has 0 aliphatic carbocycles. The van der Waals surface area contributed by atoms with Crippen LogP contribution in [-0.2, 0) is 24.7 Å². The zero-order valence-corrected chi connectivity index (χ0v) is 18.2. The van der Waals surface area contributed by atoms with Crippen LogP contribution in [-0.4, -0.2) is 68.7 Å². The molecule has 2 rings (SSSR count). The van der Waals surface area contributed by atoms with Crippen molar-refractivity contribution in [1.29, 1.82) is 0 Å². The predicted molar refractivity (Wildman–Crippen MR) is 80.1 cm³/mol. The van der Waals surface area contributed by atoms with E-state index in [1.54, 1.807) is 19.6 Å². The molecule has 0 spiro atoms. The molecule has 3 N–H and O–H groups in total. The van der Waals surface area contributed by atoms with Crippen molar-refractivity contribution in [2.45, 2.75) is 31.9 Å². The van der Waals surface area contributed by atoms with Crippen LogP contribution < -0.4 is 0 Å². The van der Waals surface area contributed by atoms with Crippen LogP contribution in [0, 0.1) is 0 Å². The third kappa shape index (κ3) is 4.72. The molecule has 0 aromatic heterocycles. The minimum atomic E-state index is -3.50. The Kier molecular flexibility index (Phi) is 5.07. The van der Waals surface area contributed by atoms with Gasteiger partial charge in [-0.2, -0.15) is 0 Å². The molecule has 20 heavy (non-hydrogen) atoms. The molecule has 0 aromatic rings. The van der Waals surface area contributed by atoms with Crippen LogP contribution in [0.2, 0.25) is 31.9 Å². The third-order valence-corrected chi connectivity index (χ3v) is 23.8.